The molecule has 0 aliphatic heterocycles. The van der Waals surface area contributed by atoms with E-state index in [1.807, 2.05) is 27.7 Å². The lowest BCUT2D eigenvalue weighted by Gasteiger charge is -2.21. The molecule has 0 aromatic heterocycles. The Morgan fingerprint density at radius 3 is 2.39 bits per heavy atom. The van der Waals surface area contributed by atoms with Crippen LogP contribution in [-0.2, 0) is 24.3 Å². The maximum atomic E-state index is 11.7. The number of benzene rings is 1. The molecule has 0 heterocycles. The number of carbonyl (C=O) groups excluding carboxylic acids is 2. The molecule has 0 aliphatic carbocycles. The zero-order chi connectivity index (χ0) is 17.5. The summed E-state index contributed by atoms with van der Waals surface area (Å²) in [6, 6.07) is 5.00. The van der Waals surface area contributed by atoms with Crippen molar-refractivity contribution in [2.24, 2.45) is 0 Å². The first-order valence-electron chi connectivity index (χ1n) is 7.10. The first kappa shape index (κ1) is 18.9. The summed E-state index contributed by atoms with van der Waals surface area (Å²) in [6.07, 6.45) is -0.633. The third-order valence-electron chi connectivity index (χ3n) is 3.43. The van der Waals surface area contributed by atoms with Crippen molar-refractivity contribution in [2.75, 3.05) is 13.7 Å². The first-order chi connectivity index (χ1) is 10.7. The van der Waals surface area contributed by atoms with Crippen molar-refractivity contribution in [3.8, 4) is 0 Å². The normalized spacial score (nSPS) is 11.0. The predicted octanol–water partition coefficient (Wildman–Crippen LogP) is 3.28. The van der Waals surface area contributed by atoms with Crippen molar-refractivity contribution in [3.63, 3.8) is 0 Å². The highest BCUT2D eigenvalue weighted by molar-refractivity contribution is 5.89. The van der Waals surface area contributed by atoms with Gasteiger partial charge in [0.15, 0.2) is 0 Å². The Morgan fingerprint density at radius 1 is 1.09 bits per heavy atom. The Kier molecular flexibility index (Phi) is 6.99. The number of rotatable bonds is 7. The van der Waals surface area contributed by atoms with Gasteiger partial charge in [-0.15, -0.1) is 0 Å². The zero-order valence-electron chi connectivity index (χ0n) is 14.0. The van der Waals surface area contributed by atoms with E-state index in [4.69, 9.17) is 9.47 Å². The van der Waals surface area contributed by atoms with E-state index in [2.05, 4.69) is 14.8 Å². The quantitative estimate of drug-likeness (QED) is 0.432. The fraction of sp³-hybridized carbons (Fsp3) is 0.500. The maximum absolute atomic E-state index is 11.7. The number of hydrogen-bond donors (Lipinski definition) is 0. The fourth-order valence-electron chi connectivity index (χ4n) is 1.50. The molecule has 0 amide bonds. The molecule has 23 heavy (non-hydrogen) atoms. The van der Waals surface area contributed by atoms with Gasteiger partial charge in [0.1, 0.15) is 0 Å². The Hall–Kier alpha value is -2.12. The molecule has 0 spiro atoms. The van der Waals surface area contributed by atoms with Crippen LogP contribution in [0.2, 0.25) is 0 Å². The van der Waals surface area contributed by atoms with Crippen molar-refractivity contribution in [3.05, 3.63) is 34.9 Å². The Bertz CT molecular complexity index is 551. The highest BCUT2D eigenvalue weighted by Gasteiger charge is 2.18. The SMILES string of the molecule is COC(C)(C)CCOC(=O)OOOC(=O)c1ccc(C)c(C)c1. The van der Waals surface area contributed by atoms with Crippen LogP contribution in [0.15, 0.2) is 18.2 Å². The summed E-state index contributed by atoms with van der Waals surface area (Å²) in [5.41, 5.74) is 1.84. The van der Waals surface area contributed by atoms with Gasteiger partial charge in [-0.1, -0.05) is 6.07 Å². The van der Waals surface area contributed by atoms with E-state index in [9.17, 15) is 9.59 Å². The van der Waals surface area contributed by atoms with Crippen LogP contribution in [0.5, 0.6) is 0 Å². The van der Waals surface area contributed by atoms with E-state index in [1.165, 1.54) is 0 Å². The van der Waals surface area contributed by atoms with Crippen LogP contribution in [0.25, 0.3) is 0 Å². The van der Waals surface area contributed by atoms with E-state index in [0.29, 0.717) is 6.42 Å². The average molecular weight is 326 g/mol. The molecule has 0 fully saturated rings. The van der Waals surface area contributed by atoms with Gasteiger partial charge in [0.25, 0.3) is 0 Å². The van der Waals surface area contributed by atoms with Crippen LogP contribution in [0.1, 0.15) is 41.8 Å². The third-order valence-corrected chi connectivity index (χ3v) is 3.43. The van der Waals surface area contributed by atoms with Crippen molar-refractivity contribution in [2.45, 2.75) is 39.7 Å². The lowest BCUT2D eigenvalue weighted by Crippen LogP contribution is -2.25. The summed E-state index contributed by atoms with van der Waals surface area (Å²) in [4.78, 5) is 31.5. The van der Waals surface area contributed by atoms with E-state index < -0.39 is 17.7 Å². The summed E-state index contributed by atoms with van der Waals surface area (Å²) in [5, 5.41) is 4.14. The standard InChI is InChI=1S/C16H22O7/c1-11-6-7-13(10-12(11)2)14(17)21-23-22-15(18)20-9-8-16(3,4)19-5/h6-7,10H,8-9H2,1-5H3. The number of carbonyl (C=O) groups is 2. The summed E-state index contributed by atoms with van der Waals surface area (Å²) in [5.74, 6) is -0.776. The maximum Gasteiger partial charge on any atom is 0.543 e. The molecule has 0 atom stereocenters. The highest BCUT2D eigenvalue weighted by atomic mass is 17.5. The molecule has 0 N–H and O–H groups in total. The van der Waals surface area contributed by atoms with Gasteiger partial charge >= 0.3 is 12.1 Å². The third kappa shape index (κ3) is 6.66. The van der Waals surface area contributed by atoms with Gasteiger partial charge in [-0.05, 0) is 51.0 Å². The van der Waals surface area contributed by atoms with E-state index in [1.54, 1.807) is 25.3 Å². The van der Waals surface area contributed by atoms with E-state index >= 15 is 0 Å². The second-order valence-corrected chi connectivity index (χ2v) is 5.63. The van der Waals surface area contributed by atoms with Gasteiger partial charge in [0, 0.05) is 13.5 Å². The molecule has 7 heteroatoms. The van der Waals surface area contributed by atoms with Crippen molar-refractivity contribution < 1.29 is 33.9 Å². The minimum Gasteiger partial charge on any atom is -0.432 e. The Labute approximate surface area is 135 Å². The molecule has 0 aliphatic rings. The molecule has 0 saturated heterocycles. The summed E-state index contributed by atoms with van der Waals surface area (Å²) >= 11 is 0. The van der Waals surface area contributed by atoms with Crippen molar-refractivity contribution in [1.29, 1.82) is 0 Å². The molecule has 1 aromatic rings. The smallest absolute Gasteiger partial charge is 0.432 e. The number of hydrogen-bond acceptors (Lipinski definition) is 7. The number of methoxy groups -OCH3 is 1. The summed E-state index contributed by atoms with van der Waals surface area (Å²) < 4.78 is 9.91. The summed E-state index contributed by atoms with van der Waals surface area (Å²) in [7, 11) is 1.56. The largest absolute Gasteiger partial charge is 0.543 e. The van der Waals surface area contributed by atoms with Crippen LogP contribution in [-0.4, -0.2) is 31.4 Å². The second-order valence-electron chi connectivity index (χ2n) is 5.63. The lowest BCUT2D eigenvalue weighted by atomic mass is 10.1. The van der Waals surface area contributed by atoms with E-state index in [0.717, 1.165) is 11.1 Å². The van der Waals surface area contributed by atoms with Gasteiger partial charge in [0.05, 0.1) is 22.8 Å². The average Bonchev–Trinajstić information content (AvgIpc) is 2.49. The molecule has 1 rings (SSSR count). The van der Waals surface area contributed by atoms with Crippen LogP contribution < -0.4 is 0 Å². The molecule has 0 unspecified atom stereocenters. The van der Waals surface area contributed by atoms with Crippen molar-refractivity contribution >= 4 is 12.1 Å². The minimum absolute atomic E-state index is 0.0775. The van der Waals surface area contributed by atoms with Crippen LogP contribution in [0.4, 0.5) is 4.79 Å². The lowest BCUT2D eigenvalue weighted by molar-refractivity contribution is -0.452. The van der Waals surface area contributed by atoms with E-state index in [-0.39, 0.29) is 12.2 Å². The van der Waals surface area contributed by atoms with Gasteiger partial charge in [-0.3, -0.25) is 4.89 Å². The predicted molar refractivity (Wildman–Crippen MR) is 80.6 cm³/mol. The monoisotopic (exact) mass is 326 g/mol. The van der Waals surface area contributed by atoms with Gasteiger partial charge in [-0.25, -0.2) is 14.5 Å². The molecule has 1 aromatic carbocycles. The Balaban J connectivity index is 2.29. The first-order valence-corrected chi connectivity index (χ1v) is 7.10. The van der Waals surface area contributed by atoms with Crippen LogP contribution in [0.3, 0.4) is 0 Å². The minimum atomic E-state index is -1.11. The number of ether oxygens (including phenoxy) is 2. The Morgan fingerprint density at radius 2 is 1.78 bits per heavy atom. The highest BCUT2D eigenvalue weighted by Crippen LogP contribution is 2.13. The van der Waals surface area contributed by atoms with Crippen LogP contribution >= 0.6 is 0 Å². The van der Waals surface area contributed by atoms with Gasteiger partial charge in [0.2, 0.25) is 0 Å². The second kappa shape index (κ2) is 8.50. The van der Waals surface area contributed by atoms with Crippen LogP contribution in [0, 0.1) is 13.8 Å². The zero-order valence-corrected chi connectivity index (χ0v) is 14.0. The molecular weight excluding hydrogens is 304 g/mol. The molecule has 128 valence electrons. The topological polar surface area (TPSA) is 80.3 Å². The molecule has 0 bridgehead atoms. The molecule has 0 radical (unpaired) electrons. The summed E-state index contributed by atoms with van der Waals surface area (Å²) in [6.45, 7) is 7.56. The van der Waals surface area contributed by atoms with Gasteiger partial charge < -0.3 is 9.47 Å². The molecule has 0 saturated carbocycles. The fourth-order valence-corrected chi connectivity index (χ4v) is 1.50. The number of aryl methyl sites for hydroxylation is 2. The van der Waals surface area contributed by atoms with Gasteiger partial charge in [-0.2, -0.15) is 0 Å². The molecular formula is C16H22O7. The van der Waals surface area contributed by atoms with Crippen molar-refractivity contribution in [1.82, 2.24) is 0 Å². The molecule has 7 nitrogen and oxygen atoms in total.